The molecule has 1 aliphatic heterocycles. The average Bonchev–Trinajstić information content (AvgIpc) is 2.79. The van der Waals surface area contributed by atoms with Crippen LogP contribution < -0.4 is 14.8 Å². The molecule has 7 heteroatoms. The maximum Gasteiger partial charge on any atom is 0.228 e. The Kier molecular flexibility index (Phi) is 4.34. The minimum atomic E-state index is -3.71. The van der Waals surface area contributed by atoms with E-state index in [0.29, 0.717) is 18.0 Å². The second-order valence-corrected chi connectivity index (χ2v) is 7.01. The lowest BCUT2D eigenvalue weighted by Crippen LogP contribution is -2.32. The van der Waals surface area contributed by atoms with Crippen molar-refractivity contribution >= 4 is 21.6 Å². The van der Waals surface area contributed by atoms with E-state index in [2.05, 4.69) is 6.58 Å². The van der Waals surface area contributed by atoms with E-state index < -0.39 is 15.3 Å². The number of rotatable bonds is 5. The number of anilines is 1. The predicted molar refractivity (Wildman–Crippen MR) is 80.6 cm³/mol. The second-order valence-electron chi connectivity index (χ2n) is 5.16. The smallest absolute Gasteiger partial charge is 0.228 e. The first-order valence-corrected chi connectivity index (χ1v) is 8.07. The quantitative estimate of drug-likeness (QED) is 0.823. The molecule has 1 amide bonds. The third-order valence-electron chi connectivity index (χ3n) is 3.17. The molecule has 0 spiro atoms. The molecule has 114 valence electrons. The SMILES string of the molecule is C=C(C)COc1cccc(N2CC(S(N)(=O)=O)CC2=O)c1. The molecule has 1 heterocycles. The first kappa shape index (κ1) is 15.5. The summed E-state index contributed by atoms with van der Waals surface area (Å²) in [6.45, 7) is 6.06. The number of benzene rings is 1. The van der Waals surface area contributed by atoms with Gasteiger partial charge in [-0.25, -0.2) is 13.6 Å². The van der Waals surface area contributed by atoms with Crippen molar-refractivity contribution in [1.29, 1.82) is 0 Å². The van der Waals surface area contributed by atoms with Gasteiger partial charge in [-0.2, -0.15) is 0 Å². The number of amides is 1. The maximum absolute atomic E-state index is 12.0. The van der Waals surface area contributed by atoms with Gasteiger partial charge in [0.1, 0.15) is 17.6 Å². The van der Waals surface area contributed by atoms with Gasteiger partial charge in [0.25, 0.3) is 0 Å². The molecule has 2 rings (SSSR count). The molecule has 2 N–H and O–H groups in total. The summed E-state index contributed by atoms with van der Waals surface area (Å²) < 4.78 is 28.2. The molecule has 1 aromatic rings. The Morgan fingerprint density at radius 2 is 2.24 bits per heavy atom. The zero-order chi connectivity index (χ0) is 15.6. The van der Waals surface area contributed by atoms with Gasteiger partial charge >= 0.3 is 0 Å². The zero-order valence-corrected chi connectivity index (χ0v) is 12.6. The van der Waals surface area contributed by atoms with Crippen molar-refractivity contribution in [2.75, 3.05) is 18.1 Å². The average molecular weight is 310 g/mol. The number of primary sulfonamides is 1. The number of carbonyl (C=O) groups excluding carboxylic acids is 1. The van der Waals surface area contributed by atoms with E-state index in [0.717, 1.165) is 5.57 Å². The van der Waals surface area contributed by atoms with Crippen LogP contribution in [0.1, 0.15) is 13.3 Å². The van der Waals surface area contributed by atoms with Crippen LogP contribution in [0.25, 0.3) is 0 Å². The number of nitrogens with two attached hydrogens (primary N) is 1. The van der Waals surface area contributed by atoms with Crippen LogP contribution in [0.4, 0.5) is 5.69 Å². The summed E-state index contributed by atoms with van der Waals surface area (Å²) in [5.41, 5.74) is 1.48. The normalized spacial score (nSPS) is 18.9. The minimum Gasteiger partial charge on any atom is -0.489 e. The van der Waals surface area contributed by atoms with E-state index >= 15 is 0 Å². The Balaban J connectivity index is 2.17. The molecule has 0 saturated carbocycles. The number of carbonyl (C=O) groups is 1. The number of nitrogens with zero attached hydrogens (tertiary/aromatic N) is 1. The second kappa shape index (κ2) is 5.87. The van der Waals surface area contributed by atoms with E-state index in [1.54, 1.807) is 24.3 Å². The summed E-state index contributed by atoms with van der Waals surface area (Å²) in [5.74, 6) is 0.341. The molecular weight excluding hydrogens is 292 g/mol. The topological polar surface area (TPSA) is 89.7 Å². The van der Waals surface area contributed by atoms with E-state index in [-0.39, 0.29) is 18.9 Å². The Hall–Kier alpha value is -1.86. The summed E-state index contributed by atoms with van der Waals surface area (Å²) >= 11 is 0. The number of ether oxygens (including phenoxy) is 1. The van der Waals surface area contributed by atoms with Gasteiger partial charge in [0.05, 0.1) is 0 Å². The van der Waals surface area contributed by atoms with Gasteiger partial charge in [0.15, 0.2) is 0 Å². The van der Waals surface area contributed by atoms with E-state index in [4.69, 9.17) is 9.88 Å². The molecule has 1 unspecified atom stereocenters. The monoisotopic (exact) mass is 310 g/mol. The number of sulfonamides is 1. The lowest BCUT2D eigenvalue weighted by atomic mass is 10.2. The molecule has 21 heavy (non-hydrogen) atoms. The highest BCUT2D eigenvalue weighted by molar-refractivity contribution is 7.89. The Labute approximate surface area is 124 Å². The van der Waals surface area contributed by atoms with Crippen molar-refractivity contribution in [3.8, 4) is 5.75 Å². The standard InChI is InChI=1S/C14H18N2O4S/c1-10(2)9-20-12-5-3-4-11(6-12)16-8-13(7-14(16)17)21(15,18)19/h3-6,13H,1,7-9H2,2H3,(H2,15,18,19). The van der Waals surface area contributed by atoms with Gasteiger partial charge in [-0.15, -0.1) is 0 Å². The van der Waals surface area contributed by atoms with Crippen LogP contribution in [0.15, 0.2) is 36.4 Å². The van der Waals surface area contributed by atoms with E-state index in [1.807, 2.05) is 6.92 Å². The van der Waals surface area contributed by atoms with Crippen LogP contribution in [0.5, 0.6) is 5.75 Å². The first-order valence-electron chi connectivity index (χ1n) is 6.46. The van der Waals surface area contributed by atoms with Crippen LogP contribution >= 0.6 is 0 Å². The van der Waals surface area contributed by atoms with Crippen molar-refractivity contribution in [2.24, 2.45) is 5.14 Å². The van der Waals surface area contributed by atoms with Crippen LogP contribution in [-0.2, 0) is 14.8 Å². The Bertz CT molecular complexity index is 669. The fourth-order valence-corrected chi connectivity index (χ4v) is 2.82. The fraction of sp³-hybridized carbons (Fsp3) is 0.357. The minimum absolute atomic E-state index is 0.0710. The molecule has 0 radical (unpaired) electrons. The lowest BCUT2D eigenvalue weighted by Gasteiger charge is -2.17. The Morgan fingerprint density at radius 1 is 1.52 bits per heavy atom. The van der Waals surface area contributed by atoms with Gasteiger partial charge in [-0.3, -0.25) is 4.79 Å². The predicted octanol–water partition coefficient (Wildman–Crippen LogP) is 1.04. The summed E-state index contributed by atoms with van der Waals surface area (Å²) in [4.78, 5) is 13.4. The van der Waals surface area contributed by atoms with E-state index in [1.165, 1.54) is 4.90 Å². The molecular formula is C14H18N2O4S. The largest absolute Gasteiger partial charge is 0.489 e. The highest BCUT2D eigenvalue weighted by Crippen LogP contribution is 2.27. The molecule has 1 aromatic carbocycles. The first-order chi connectivity index (χ1) is 9.77. The van der Waals surface area contributed by atoms with Gasteiger partial charge in [0.2, 0.25) is 15.9 Å². The third-order valence-corrected chi connectivity index (χ3v) is 4.41. The zero-order valence-electron chi connectivity index (χ0n) is 11.8. The molecule has 1 saturated heterocycles. The molecule has 1 atom stereocenters. The number of hydrogen-bond acceptors (Lipinski definition) is 4. The van der Waals surface area contributed by atoms with Crippen LogP contribution in [0, 0.1) is 0 Å². The fourth-order valence-electron chi connectivity index (χ4n) is 2.09. The molecule has 0 bridgehead atoms. The van der Waals surface area contributed by atoms with Crippen LogP contribution in [0.2, 0.25) is 0 Å². The molecule has 6 nitrogen and oxygen atoms in total. The van der Waals surface area contributed by atoms with Gasteiger partial charge < -0.3 is 9.64 Å². The van der Waals surface area contributed by atoms with Gasteiger partial charge in [-0.1, -0.05) is 12.6 Å². The molecule has 1 fully saturated rings. The number of hydrogen-bond donors (Lipinski definition) is 1. The van der Waals surface area contributed by atoms with Crippen molar-refractivity contribution in [3.05, 3.63) is 36.4 Å². The molecule has 0 aliphatic carbocycles. The highest BCUT2D eigenvalue weighted by Gasteiger charge is 2.37. The highest BCUT2D eigenvalue weighted by atomic mass is 32.2. The summed E-state index contributed by atoms with van der Waals surface area (Å²) in [6.07, 6.45) is -0.0876. The van der Waals surface area contributed by atoms with Gasteiger partial charge in [0, 0.05) is 24.7 Å². The van der Waals surface area contributed by atoms with E-state index in [9.17, 15) is 13.2 Å². The van der Waals surface area contributed by atoms with Crippen molar-refractivity contribution in [1.82, 2.24) is 0 Å². The van der Waals surface area contributed by atoms with Crippen molar-refractivity contribution < 1.29 is 17.9 Å². The molecule has 1 aliphatic rings. The Morgan fingerprint density at radius 3 is 2.81 bits per heavy atom. The summed E-state index contributed by atoms with van der Waals surface area (Å²) in [7, 11) is -3.71. The molecule has 0 aromatic heterocycles. The van der Waals surface area contributed by atoms with Crippen molar-refractivity contribution in [2.45, 2.75) is 18.6 Å². The summed E-state index contributed by atoms with van der Waals surface area (Å²) in [6, 6.07) is 6.95. The lowest BCUT2D eigenvalue weighted by molar-refractivity contribution is -0.117. The third kappa shape index (κ3) is 3.83. The summed E-state index contributed by atoms with van der Waals surface area (Å²) in [5, 5.41) is 4.26. The van der Waals surface area contributed by atoms with Crippen LogP contribution in [0.3, 0.4) is 0 Å². The van der Waals surface area contributed by atoms with Crippen LogP contribution in [-0.4, -0.2) is 32.7 Å². The van der Waals surface area contributed by atoms with Crippen molar-refractivity contribution in [3.63, 3.8) is 0 Å². The maximum atomic E-state index is 12.0. The van der Waals surface area contributed by atoms with Gasteiger partial charge in [-0.05, 0) is 24.6 Å².